The number of aromatic hydroxyl groups is 1. The number of phenols is 1. The van der Waals surface area contributed by atoms with E-state index in [0.29, 0.717) is 23.5 Å². The fourth-order valence-electron chi connectivity index (χ4n) is 3.77. The lowest BCUT2D eigenvalue weighted by Crippen LogP contribution is -2.11. The molecular weight excluding hydrogens is 280 g/mol. The largest absolute Gasteiger partial charge is 0.507 e. The molecule has 0 aliphatic rings. The number of hydrogen-bond donors (Lipinski definition) is 1. The fraction of sp³-hybridized carbons (Fsp3) is 0.364. The Morgan fingerprint density at radius 2 is 1.17 bits per heavy atom. The van der Waals surface area contributed by atoms with E-state index in [9.17, 15) is 5.11 Å². The lowest BCUT2D eigenvalue weighted by molar-refractivity contribution is 0.411. The minimum absolute atomic E-state index is 0.409. The van der Waals surface area contributed by atoms with Gasteiger partial charge in [0.25, 0.3) is 0 Å². The first-order valence-electron chi connectivity index (χ1n) is 8.63. The molecule has 0 saturated heterocycles. The molecule has 0 heterocycles. The lowest BCUT2D eigenvalue weighted by atomic mass is 9.78. The van der Waals surface area contributed by atoms with E-state index in [0.717, 1.165) is 17.2 Å². The number of hydrogen-bond acceptors (Lipinski definition) is 1. The molecule has 3 aromatic carbocycles. The maximum atomic E-state index is 10.7. The van der Waals surface area contributed by atoms with Crippen LogP contribution in [0.3, 0.4) is 0 Å². The second-order valence-electron chi connectivity index (χ2n) is 7.33. The van der Waals surface area contributed by atoms with E-state index >= 15 is 0 Å². The topological polar surface area (TPSA) is 20.2 Å². The van der Waals surface area contributed by atoms with Gasteiger partial charge in [0.1, 0.15) is 5.75 Å². The van der Waals surface area contributed by atoms with Gasteiger partial charge in [-0.2, -0.15) is 0 Å². The number of rotatable bonds is 4. The molecule has 23 heavy (non-hydrogen) atoms. The zero-order valence-electron chi connectivity index (χ0n) is 14.5. The van der Waals surface area contributed by atoms with E-state index in [1.807, 2.05) is 24.3 Å². The van der Waals surface area contributed by atoms with Crippen LogP contribution in [0, 0.1) is 11.8 Å². The van der Waals surface area contributed by atoms with Crippen LogP contribution in [0.1, 0.15) is 45.6 Å². The normalized spacial score (nSPS) is 13.3. The summed E-state index contributed by atoms with van der Waals surface area (Å²) in [6, 6.07) is 16.6. The molecule has 0 aliphatic heterocycles. The monoisotopic (exact) mass is 306 g/mol. The average Bonchev–Trinajstić information content (AvgIpc) is 2.54. The molecule has 1 atom stereocenters. The molecule has 0 fully saturated rings. The second-order valence-corrected chi connectivity index (χ2v) is 7.33. The third-order valence-corrected chi connectivity index (χ3v) is 4.85. The molecule has 0 saturated carbocycles. The number of benzene rings is 3. The van der Waals surface area contributed by atoms with Crippen LogP contribution in [0.15, 0.2) is 48.5 Å². The van der Waals surface area contributed by atoms with Crippen molar-refractivity contribution in [2.75, 3.05) is 0 Å². The molecule has 3 aromatic rings. The summed E-state index contributed by atoms with van der Waals surface area (Å²) in [7, 11) is 0. The van der Waals surface area contributed by atoms with Gasteiger partial charge in [0.2, 0.25) is 0 Å². The summed E-state index contributed by atoms with van der Waals surface area (Å²) < 4.78 is 0. The molecule has 0 amide bonds. The van der Waals surface area contributed by atoms with Gasteiger partial charge in [-0.05, 0) is 40.5 Å². The molecule has 3 rings (SSSR count). The van der Waals surface area contributed by atoms with Crippen molar-refractivity contribution in [3.63, 3.8) is 0 Å². The highest BCUT2D eigenvalue weighted by Crippen LogP contribution is 2.44. The first-order chi connectivity index (χ1) is 11.0. The molecule has 0 radical (unpaired) electrons. The highest BCUT2D eigenvalue weighted by atomic mass is 16.3. The van der Waals surface area contributed by atoms with Gasteiger partial charge < -0.3 is 5.11 Å². The quantitative estimate of drug-likeness (QED) is 0.547. The van der Waals surface area contributed by atoms with Gasteiger partial charge in [-0.25, -0.2) is 0 Å². The van der Waals surface area contributed by atoms with Crippen LogP contribution in [0.25, 0.3) is 21.5 Å². The minimum Gasteiger partial charge on any atom is -0.507 e. The predicted octanol–water partition coefficient (Wildman–Crippen LogP) is 6.48. The van der Waals surface area contributed by atoms with Crippen LogP contribution in [0.2, 0.25) is 0 Å². The van der Waals surface area contributed by atoms with E-state index in [2.05, 4.69) is 52.0 Å². The Bertz CT molecular complexity index is 773. The third kappa shape index (κ3) is 2.81. The van der Waals surface area contributed by atoms with Crippen LogP contribution in [0.4, 0.5) is 0 Å². The molecule has 1 N–H and O–H groups in total. The van der Waals surface area contributed by atoms with Gasteiger partial charge in [0.05, 0.1) is 0 Å². The van der Waals surface area contributed by atoms with E-state index in [1.54, 1.807) is 0 Å². The summed E-state index contributed by atoms with van der Waals surface area (Å²) in [5.74, 6) is 2.11. The standard InChI is InChI=1S/C22H26O/c1-14(2)13-20(15(3)4)21-16-9-5-7-11-18(16)22(23)19-12-8-6-10-17(19)21/h5-12,14-15,20,23H,13H2,1-4H3. The summed E-state index contributed by atoms with van der Waals surface area (Å²) >= 11 is 0. The minimum atomic E-state index is 0.409. The summed E-state index contributed by atoms with van der Waals surface area (Å²) in [6.07, 6.45) is 1.16. The van der Waals surface area contributed by atoms with Crippen molar-refractivity contribution in [3.05, 3.63) is 54.1 Å². The molecule has 120 valence electrons. The van der Waals surface area contributed by atoms with Crippen molar-refractivity contribution >= 4 is 21.5 Å². The van der Waals surface area contributed by atoms with Crippen LogP contribution in [0.5, 0.6) is 5.75 Å². The van der Waals surface area contributed by atoms with Crippen molar-refractivity contribution in [1.29, 1.82) is 0 Å². The van der Waals surface area contributed by atoms with E-state index in [4.69, 9.17) is 0 Å². The Kier molecular flexibility index (Phi) is 4.30. The van der Waals surface area contributed by atoms with Gasteiger partial charge >= 0.3 is 0 Å². The molecule has 1 nitrogen and oxygen atoms in total. The highest BCUT2D eigenvalue weighted by Gasteiger charge is 2.23. The maximum absolute atomic E-state index is 10.7. The van der Waals surface area contributed by atoms with Gasteiger partial charge in [0.15, 0.2) is 0 Å². The van der Waals surface area contributed by atoms with Crippen molar-refractivity contribution in [2.24, 2.45) is 11.8 Å². The van der Waals surface area contributed by atoms with Gasteiger partial charge in [-0.15, -0.1) is 0 Å². The van der Waals surface area contributed by atoms with Gasteiger partial charge in [-0.1, -0.05) is 76.2 Å². The van der Waals surface area contributed by atoms with E-state index in [-0.39, 0.29) is 0 Å². The summed E-state index contributed by atoms with van der Waals surface area (Å²) in [5, 5.41) is 15.1. The van der Waals surface area contributed by atoms with Crippen molar-refractivity contribution < 1.29 is 5.11 Å². The predicted molar refractivity (Wildman–Crippen MR) is 100 cm³/mol. The maximum Gasteiger partial charge on any atom is 0.131 e. The molecular formula is C22H26O. The molecule has 0 aliphatic carbocycles. The molecule has 1 heteroatoms. The van der Waals surface area contributed by atoms with E-state index in [1.165, 1.54) is 16.3 Å². The summed E-state index contributed by atoms with van der Waals surface area (Å²) in [6.45, 7) is 9.20. The van der Waals surface area contributed by atoms with Crippen LogP contribution in [-0.4, -0.2) is 5.11 Å². The first kappa shape index (κ1) is 15.9. The first-order valence-corrected chi connectivity index (χ1v) is 8.63. The van der Waals surface area contributed by atoms with Gasteiger partial charge in [0, 0.05) is 10.8 Å². The zero-order chi connectivity index (χ0) is 16.6. The highest BCUT2D eigenvalue weighted by molar-refractivity contribution is 6.08. The van der Waals surface area contributed by atoms with Crippen LogP contribution >= 0.6 is 0 Å². The van der Waals surface area contributed by atoms with Crippen molar-refractivity contribution in [2.45, 2.75) is 40.0 Å². The Morgan fingerprint density at radius 1 is 0.739 bits per heavy atom. The zero-order valence-corrected chi connectivity index (χ0v) is 14.5. The van der Waals surface area contributed by atoms with Crippen LogP contribution < -0.4 is 0 Å². The lowest BCUT2D eigenvalue weighted by Gasteiger charge is -2.27. The Morgan fingerprint density at radius 3 is 1.57 bits per heavy atom. The molecule has 1 unspecified atom stereocenters. The van der Waals surface area contributed by atoms with Crippen LogP contribution in [-0.2, 0) is 0 Å². The molecule has 0 bridgehead atoms. The molecule has 0 aromatic heterocycles. The second kappa shape index (κ2) is 6.23. The fourth-order valence-corrected chi connectivity index (χ4v) is 3.77. The number of phenolic OH excluding ortho intramolecular Hbond substituents is 1. The van der Waals surface area contributed by atoms with Gasteiger partial charge in [-0.3, -0.25) is 0 Å². The summed E-state index contributed by atoms with van der Waals surface area (Å²) in [4.78, 5) is 0. The number of fused-ring (bicyclic) bond motifs is 2. The SMILES string of the molecule is CC(C)CC(c1c2ccccc2c(O)c2ccccc12)C(C)C. The van der Waals surface area contributed by atoms with E-state index < -0.39 is 0 Å². The van der Waals surface area contributed by atoms with Crippen molar-refractivity contribution in [3.8, 4) is 5.75 Å². The Labute approximate surface area is 139 Å². The third-order valence-electron chi connectivity index (χ3n) is 4.85. The molecule has 0 spiro atoms. The Balaban J connectivity index is 2.42. The van der Waals surface area contributed by atoms with Crippen molar-refractivity contribution in [1.82, 2.24) is 0 Å². The summed E-state index contributed by atoms with van der Waals surface area (Å²) in [5.41, 5.74) is 1.40. The Hall–Kier alpha value is -2.02. The smallest absolute Gasteiger partial charge is 0.131 e. The average molecular weight is 306 g/mol.